The third-order valence-electron chi connectivity index (χ3n) is 2.77. The summed E-state index contributed by atoms with van der Waals surface area (Å²) in [6.07, 6.45) is 2.62. The summed E-state index contributed by atoms with van der Waals surface area (Å²) in [6, 6.07) is 6.18. The quantitative estimate of drug-likeness (QED) is 0.682. The minimum absolute atomic E-state index is 0.483. The summed E-state index contributed by atoms with van der Waals surface area (Å²) >= 11 is 0. The summed E-state index contributed by atoms with van der Waals surface area (Å²) in [5.74, 6) is 1.68. The van der Waals surface area contributed by atoms with Crippen LogP contribution < -0.4 is 9.47 Å². The van der Waals surface area contributed by atoms with Gasteiger partial charge in [0.25, 0.3) is 0 Å². The van der Waals surface area contributed by atoms with Crippen LogP contribution in [0.2, 0.25) is 0 Å². The van der Waals surface area contributed by atoms with Gasteiger partial charge in [-0.1, -0.05) is 6.07 Å². The molecule has 3 nitrogen and oxygen atoms in total. The minimum atomic E-state index is 0.483. The molecule has 1 unspecified atom stereocenters. The highest BCUT2D eigenvalue weighted by Gasteiger charge is 2.21. The molecule has 17 heavy (non-hydrogen) atoms. The van der Waals surface area contributed by atoms with Gasteiger partial charge in [0.1, 0.15) is 0 Å². The fourth-order valence-electron chi connectivity index (χ4n) is 1.81. The molecule has 1 heterocycles. The van der Waals surface area contributed by atoms with Gasteiger partial charge in [-0.25, -0.2) is 0 Å². The smallest absolute Gasteiger partial charge is 0.161 e. The molecule has 1 aliphatic rings. The van der Waals surface area contributed by atoms with E-state index in [4.69, 9.17) is 14.2 Å². The van der Waals surface area contributed by atoms with Gasteiger partial charge in [-0.05, 0) is 44.4 Å². The largest absolute Gasteiger partial charge is 0.490 e. The molecule has 1 atom stereocenters. The van der Waals surface area contributed by atoms with Crippen LogP contribution in [-0.2, 0) is 11.2 Å². The molecule has 1 aromatic rings. The maximum absolute atomic E-state index is 5.60. The molecular weight excluding hydrogens is 216 g/mol. The van der Waals surface area contributed by atoms with Crippen molar-refractivity contribution in [2.75, 3.05) is 19.8 Å². The number of benzene rings is 1. The molecule has 1 aliphatic heterocycles. The highest BCUT2D eigenvalue weighted by atomic mass is 16.6. The first-order chi connectivity index (χ1) is 8.33. The third-order valence-corrected chi connectivity index (χ3v) is 2.77. The van der Waals surface area contributed by atoms with Gasteiger partial charge in [0.15, 0.2) is 11.5 Å². The molecule has 94 valence electrons. The van der Waals surface area contributed by atoms with Gasteiger partial charge < -0.3 is 14.2 Å². The molecule has 1 fully saturated rings. The predicted molar refractivity (Wildman–Crippen MR) is 66.8 cm³/mol. The Hall–Kier alpha value is -1.22. The van der Waals surface area contributed by atoms with E-state index in [9.17, 15) is 0 Å². The number of epoxide rings is 1. The molecule has 3 heteroatoms. The molecule has 0 bridgehead atoms. The summed E-state index contributed by atoms with van der Waals surface area (Å²) in [4.78, 5) is 0. The summed E-state index contributed by atoms with van der Waals surface area (Å²) in [5.41, 5.74) is 1.28. The van der Waals surface area contributed by atoms with Crippen molar-refractivity contribution in [3.8, 4) is 11.5 Å². The van der Waals surface area contributed by atoms with E-state index in [0.29, 0.717) is 19.3 Å². The second-order valence-corrected chi connectivity index (χ2v) is 4.14. The van der Waals surface area contributed by atoms with Gasteiger partial charge in [-0.3, -0.25) is 0 Å². The average Bonchev–Trinajstić information content (AvgIpc) is 3.14. The summed E-state index contributed by atoms with van der Waals surface area (Å²) in [7, 11) is 0. The van der Waals surface area contributed by atoms with Gasteiger partial charge in [0.2, 0.25) is 0 Å². The molecule has 0 amide bonds. The van der Waals surface area contributed by atoms with Crippen molar-refractivity contribution in [1.82, 2.24) is 0 Å². The van der Waals surface area contributed by atoms with Crippen molar-refractivity contribution >= 4 is 0 Å². The van der Waals surface area contributed by atoms with Crippen LogP contribution in [0.25, 0.3) is 0 Å². The fraction of sp³-hybridized carbons (Fsp3) is 0.571. The lowest BCUT2D eigenvalue weighted by Gasteiger charge is -2.12. The van der Waals surface area contributed by atoms with E-state index in [-0.39, 0.29) is 0 Å². The standard InChI is InChI=1S/C14H20O3/c1-3-15-13-8-6-11(5-7-12-10-17-12)9-14(13)16-4-2/h6,8-9,12H,3-5,7,10H2,1-2H3. The second kappa shape index (κ2) is 5.92. The summed E-state index contributed by atoms with van der Waals surface area (Å²) in [5, 5.41) is 0. The fourth-order valence-corrected chi connectivity index (χ4v) is 1.81. The number of hydrogen-bond acceptors (Lipinski definition) is 3. The van der Waals surface area contributed by atoms with Crippen LogP contribution in [0.4, 0.5) is 0 Å². The van der Waals surface area contributed by atoms with E-state index in [1.165, 1.54) is 5.56 Å². The highest BCUT2D eigenvalue weighted by molar-refractivity contribution is 5.43. The number of ether oxygens (including phenoxy) is 3. The number of rotatable bonds is 7. The maximum atomic E-state index is 5.60. The summed E-state index contributed by atoms with van der Waals surface area (Å²) < 4.78 is 16.3. The van der Waals surface area contributed by atoms with Crippen molar-refractivity contribution in [1.29, 1.82) is 0 Å². The minimum Gasteiger partial charge on any atom is -0.490 e. The van der Waals surface area contributed by atoms with Crippen LogP contribution >= 0.6 is 0 Å². The van der Waals surface area contributed by atoms with E-state index >= 15 is 0 Å². The molecule has 1 saturated heterocycles. The average molecular weight is 236 g/mol. The molecule has 0 aromatic heterocycles. The van der Waals surface area contributed by atoms with E-state index in [1.807, 2.05) is 19.9 Å². The molecular formula is C14H20O3. The van der Waals surface area contributed by atoms with Crippen molar-refractivity contribution in [2.45, 2.75) is 32.8 Å². The maximum Gasteiger partial charge on any atom is 0.161 e. The highest BCUT2D eigenvalue weighted by Crippen LogP contribution is 2.29. The van der Waals surface area contributed by atoms with Crippen LogP contribution in [0.3, 0.4) is 0 Å². The lowest BCUT2D eigenvalue weighted by atomic mass is 10.1. The lowest BCUT2D eigenvalue weighted by Crippen LogP contribution is -2.00. The topological polar surface area (TPSA) is 31.0 Å². The van der Waals surface area contributed by atoms with E-state index < -0.39 is 0 Å². The molecule has 0 saturated carbocycles. The molecule has 0 spiro atoms. The Bertz CT molecular complexity index is 358. The molecule has 0 N–H and O–H groups in total. The molecule has 0 radical (unpaired) electrons. The molecule has 1 aromatic carbocycles. The Morgan fingerprint density at radius 2 is 1.88 bits per heavy atom. The van der Waals surface area contributed by atoms with E-state index in [0.717, 1.165) is 30.9 Å². The number of hydrogen-bond donors (Lipinski definition) is 0. The van der Waals surface area contributed by atoms with Crippen molar-refractivity contribution in [2.24, 2.45) is 0 Å². The van der Waals surface area contributed by atoms with Gasteiger partial charge >= 0.3 is 0 Å². The summed E-state index contributed by atoms with van der Waals surface area (Å²) in [6.45, 7) is 6.22. The van der Waals surface area contributed by atoms with Crippen molar-refractivity contribution in [3.63, 3.8) is 0 Å². The van der Waals surface area contributed by atoms with Gasteiger partial charge in [0, 0.05) is 0 Å². The lowest BCUT2D eigenvalue weighted by molar-refractivity contribution is 0.287. The van der Waals surface area contributed by atoms with Crippen LogP contribution in [0, 0.1) is 0 Å². The van der Waals surface area contributed by atoms with Crippen LogP contribution in [0.1, 0.15) is 25.8 Å². The molecule has 0 aliphatic carbocycles. The van der Waals surface area contributed by atoms with Crippen LogP contribution in [-0.4, -0.2) is 25.9 Å². The monoisotopic (exact) mass is 236 g/mol. The Morgan fingerprint density at radius 3 is 2.53 bits per heavy atom. The Labute approximate surface area is 103 Å². The van der Waals surface area contributed by atoms with Crippen molar-refractivity contribution < 1.29 is 14.2 Å². The zero-order chi connectivity index (χ0) is 12.1. The van der Waals surface area contributed by atoms with E-state index in [1.54, 1.807) is 0 Å². The first-order valence-corrected chi connectivity index (χ1v) is 6.33. The Kier molecular flexibility index (Phi) is 4.26. The molecule has 2 rings (SSSR count). The number of aryl methyl sites for hydroxylation is 1. The van der Waals surface area contributed by atoms with Crippen molar-refractivity contribution in [3.05, 3.63) is 23.8 Å². The first-order valence-electron chi connectivity index (χ1n) is 6.33. The first kappa shape index (κ1) is 12.2. The van der Waals surface area contributed by atoms with E-state index in [2.05, 4.69) is 12.1 Å². The normalized spacial score (nSPS) is 17.9. The van der Waals surface area contributed by atoms with Gasteiger partial charge in [0.05, 0.1) is 25.9 Å². The zero-order valence-corrected chi connectivity index (χ0v) is 10.6. The zero-order valence-electron chi connectivity index (χ0n) is 10.6. The second-order valence-electron chi connectivity index (χ2n) is 4.14. The predicted octanol–water partition coefficient (Wildman–Crippen LogP) is 2.82. The SMILES string of the molecule is CCOc1ccc(CCC2CO2)cc1OCC. The van der Waals surface area contributed by atoms with Crippen LogP contribution in [0.15, 0.2) is 18.2 Å². The van der Waals surface area contributed by atoms with Gasteiger partial charge in [-0.15, -0.1) is 0 Å². The Balaban J connectivity index is 2.03. The third kappa shape index (κ3) is 3.63. The Morgan fingerprint density at radius 1 is 1.18 bits per heavy atom. The van der Waals surface area contributed by atoms with Gasteiger partial charge in [-0.2, -0.15) is 0 Å². The van der Waals surface area contributed by atoms with Crippen LogP contribution in [0.5, 0.6) is 11.5 Å².